The molecule has 0 nitrogen and oxygen atoms in total. The van der Waals surface area contributed by atoms with Crippen LogP contribution in [0, 0.1) is 18.1 Å². The molecule has 240 valence electrons. The van der Waals surface area contributed by atoms with Crippen LogP contribution >= 0.6 is 0 Å². The molecule has 0 heterocycles. The number of hydrogen-bond donors (Lipinski definition) is 0. The molecule has 1 atom stereocenters. The van der Waals surface area contributed by atoms with Gasteiger partial charge in [0.15, 0.2) is 0 Å². The summed E-state index contributed by atoms with van der Waals surface area (Å²) < 4.78 is 1.80. The van der Waals surface area contributed by atoms with E-state index in [4.69, 9.17) is 0 Å². The van der Waals surface area contributed by atoms with Crippen LogP contribution < -0.4 is 24.8 Å². The van der Waals surface area contributed by atoms with Crippen molar-refractivity contribution in [3.63, 3.8) is 0 Å². The van der Waals surface area contributed by atoms with Crippen molar-refractivity contribution < 1.29 is 49.0 Å². The summed E-state index contributed by atoms with van der Waals surface area (Å²) in [7, 11) is -1.07. The van der Waals surface area contributed by atoms with Crippen molar-refractivity contribution in [2.45, 2.75) is 124 Å². The molecule has 1 saturated carbocycles. The van der Waals surface area contributed by atoms with Crippen LogP contribution in [0.4, 0.5) is 0 Å². The molecule has 0 radical (unpaired) electrons. The summed E-state index contributed by atoms with van der Waals surface area (Å²) in [5, 5.41) is 1.60. The molecular formula is C41H52Cl2SiZr-2. The van der Waals surface area contributed by atoms with Crippen molar-refractivity contribution >= 4 is 22.4 Å². The van der Waals surface area contributed by atoms with Crippen molar-refractivity contribution in [1.82, 2.24) is 0 Å². The standard InChI is InChI=1S/C25H25.C10H17Si.C6H10.2ClH.Zr/c1-14-12-24(3,4)22-8-16-7-17-9-23-19(15(2)13-25(23,5)6)11-21(17)20(16)10-18(14)22;1-8-6-9(2)10(7-8)11(3,4)5;1-2-4-6-5-3-1;;;/h8-12H,7H2,1-6H3;7-8H,1-5H3;1-5H2;2*1H;/q2*-1;;;;+2/p-2. The van der Waals surface area contributed by atoms with Crippen LogP contribution in [0.5, 0.6) is 0 Å². The van der Waals surface area contributed by atoms with Gasteiger partial charge in [-0.3, -0.25) is 12.2 Å². The fourth-order valence-electron chi connectivity index (χ4n) is 7.90. The molecule has 5 aliphatic carbocycles. The topological polar surface area (TPSA) is 0 Å². The quantitative estimate of drug-likeness (QED) is 0.235. The second-order valence-corrected chi connectivity index (χ2v) is 22.5. The Kier molecular flexibility index (Phi) is 12.1. The predicted molar refractivity (Wildman–Crippen MR) is 188 cm³/mol. The predicted octanol–water partition coefficient (Wildman–Crippen LogP) is 5.32. The Morgan fingerprint density at radius 1 is 0.756 bits per heavy atom. The molecule has 2 aromatic carbocycles. The van der Waals surface area contributed by atoms with E-state index in [1.165, 1.54) is 93.3 Å². The normalized spacial score (nSPS) is 21.1. The fourth-order valence-corrected chi connectivity index (χ4v) is 10.7. The minimum atomic E-state index is -1.07. The zero-order valence-electron chi connectivity index (χ0n) is 29.5. The molecule has 2 aromatic rings. The number of rotatable bonds is 1. The molecule has 1 fully saturated rings. The van der Waals surface area contributed by atoms with Crippen LogP contribution in [0.3, 0.4) is 0 Å². The summed E-state index contributed by atoms with van der Waals surface area (Å²) in [6.45, 7) is 25.2. The molecule has 0 amide bonds. The Bertz CT molecular complexity index is 1520. The van der Waals surface area contributed by atoms with Gasteiger partial charge in [0.1, 0.15) is 0 Å². The van der Waals surface area contributed by atoms with E-state index in [1.54, 1.807) is 32.6 Å². The third-order valence-corrected chi connectivity index (χ3v) is 13.3. The summed E-state index contributed by atoms with van der Waals surface area (Å²) in [5.74, 6) is 0.553. The van der Waals surface area contributed by atoms with Crippen LogP contribution in [0.15, 0.2) is 47.2 Å². The Morgan fingerprint density at radius 3 is 1.78 bits per heavy atom. The van der Waals surface area contributed by atoms with Gasteiger partial charge in [0, 0.05) is 5.41 Å². The summed E-state index contributed by atoms with van der Waals surface area (Å²) >= 11 is 1.69. The molecule has 0 saturated heterocycles. The third-order valence-electron chi connectivity index (χ3n) is 9.96. The zero-order valence-corrected chi connectivity index (χ0v) is 34.5. The van der Waals surface area contributed by atoms with Crippen molar-refractivity contribution in [1.29, 1.82) is 0 Å². The first-order chi connectivity index (χ1) is 20.0. The van der Waals surface area contributed by atoms with E-state index >= 15 is 0 Å². The Hall–Kier alpha value is -1.05. The van der Waals surface area contributed by atoms with Crippen molar-refractivity contribution in [2.75, 3.05) is 0 Å². The number of benzene rings is 2. The van der Waals surface area contributed by atoms with Crippen LogP contribution in [0.1, 0.15) is 121 Å². The number of allylic oxidation sites excluding steroid dienone is 8. The first kappa shape index (κ1) is 38.4. The van der Waals surface area contributed by atoms with Crippen molar-refractivity contribution in [2.24, 2.45) is 5.92 Å². The number of fused-ring (bicyclic) bond motifs is 5. The van der Waals surface area contributed by atoms with Crippen LogP contribution in [0.25, 0.3) is 22.3 Å². The van der Waals surface area contributed by atoms with Crippen LogP contribution in [-0.4, -0.2) is 11.3 Å². The summed E-state index contributed by atoms with van der Waals surface area (Å²) in [5.41, 5.74) is 15.9. The van der Waals surface area contributed by atoms with Gasteiger partial charge in [0.05, 0.1) is 0 Å². The SMILES string of the molecule is CC1=[C-]C(C)(C)c2cc3c(cc21)-c1cc2c(cc1C3)C(C)(C)C=C2C.CC1=[C-]C(C)C=C1[Si](C)(C)C.[Cl-].[Cl-].[Zr+2]=[C]1CCCCC1. The number of halogens is 2. The second kappa shape index (κ2) is 14.2. The Labute approximate surface area is 303 Å². The molecule has 0 N–H and O–H groups in total. The van der Waals surface area contributed by atoms with Crippen LogP contribution in [-0.2, 0) is 41.5 Å². The summed E-state index contributed by atoms with van der Waals surface area (Å²) in [6.07, 6.45) is 20.3. The third kappa shape index (κ3) is 7.99. The Balaban J connectivity index is 0.000000230. The zero-order chi connectivity index (χ0) is 31.5. The molecule has 0 aliphatic heterocycles. The first-order valence-corrected chi connectivity index (χ1v) is 21.3. The van der Waals surface area contributed by atoms with E-state index in [0.717, 1.165) is 6.42 Å². The van der Waals surface area contributed by atoms with Gasteiger partial charge in [-0.2, -0.15) is 11.6 Å². The maximum atomic E-state index is 3.65. The fraction of sp³-hybridized carbons (Fsp3) is 0.488. The van der Waals surface area contributed by atoms with Gasteiger partial charge in [0.2, 0.25) is 0 Å². The van der Waals surface area contributed by atoms with E-state index in [1.807, 2.05) is 0 Å². The van der Waals surface area contributed by atoms with E-state index in [0.29, 0.717) is 5.92 Å². The molecule has 4 heteroatoms. The second-order valence-electron chi connectivity index (χ2n) is 15.8. The average Bonchev–Trinajstić information content (AvgIpc) is 3.57. The van der Waals surface area contributed by atoms with E-state index in [-0.39, 0.29) is 35.6 Å². The molecule has 5 aliphatic rings. The van der Waals surface area contributed by atoms with E-state index in [9.17, 15) is 0 Å². The molecule has 0 spiro atoms. The summed E-state index contributed by atoms with van der Waals surface area (Å²) in [4.78, 5) is 0. The molecule has 0 aromatic heterocycles. The first-order valence-electron chi connectivity index (χ1n) is 16.5. The van der Waals surface area contributed by atoms with E-state index < -0.39 is 8.07 Å². The van der Waals surface area contributed by atoms with Crippen molar-refractivity contribution in [3.05, 3.63) is 92.7 Å². The van der Waals surface area contributed by atoms with E-state index in [2.05, 4.69) is 124 Å². The Morgan fingerprint density at radius 2 is 1.31 bits per heavy atom. The van der Waals surface area contributed by atoms with Crippen molar-refractivity contribution in [3.8, 4) is 11.1 Å². The van der Waals surface area contributed by atoms with Gasteiger partial charge < -0.3 is 24.8 Å². The van der Waals surface area contributed by atoms with Crippen LogP contribution in [0.2, 0.25) is 19.6 Å². The van der Waals surface area contributed by atoms with Gasteiger partial charge in [-0.05, 0) is 66.4 Å². The molecular weight excluding hydrogens is 683 g/mol. The average molecular weight is 735 g/mol. The molecule has 0 bridgehead atoms. The molecule has 45 heavy (non-hydrogen) atoms. The monoisotopic (exact) mass is 732 g/mol. The van der Waals surface area contributed by atoms with Gasteiger partial charge in [0.25, 0.3) is 0 Å². The maximum absolute atomic E-state index is 3.65. The minimum absolute atomic E-state index is 0. The molecule has 1 unspecified atom stereocenters. The van der Waals surface area contributed by atoms with Gasteiger partial charge >= 0.3 is 59.5 Å². The molecule has 7 rings (SSSR count). The van der Waals surface area contributed by atoms with Gasteiger partial charge in [-0.15, -0.1) is 11.6 Å². The van der Waals surface area contributed by atoms with Gasteiger partial charge in [-0.1, -0.05) is 97.6 Å². The number of hydrogen-bond acceptors (Lipinski definition) is 0. The van der Waals surface area contributed by atoms with Gasteiger partial charge in [-0.25, -0.2) is 16.3 Å². The summed E-state index contributed by atoms with van der Waals surface area (Å²) in [6, 6.07) is 9.81.